The first-order valence-electron chi connectivity index (χ1n) is 11.6. The number of thiophene rings is 1. The molecule has 9 heteroatoms. The van der Waals surface area contributed by atoms with E-state index in [1.54, 1.807) is 13.2 Å². The van der Waals surface area contributed by atoms with Crippen LogP contribution in [0.1, 0.15) is 38.7 Å². The monoisotopic (exact) mass is 508 g/mol. The number of imide groups is 1. The molecule has 3 aliphatic rings. The number of nitrogens with zero attached hydrogens (tertiary/aromatic N) is 3. The molecule has 35 heavy (non-hydrogen) atoms. The van der Waals surface area contributed by atoms with Crippen LogP contribution in [-0.4, -0.2) is 55.0 Å². The first kappa shape index (κ1) is 23.8. The van der Waals surface area contributed by atoms with Crippen molar-refractivity contribution in [2.24, 2.45) is 5.92 Å². The van der Waals surface area contributed by atoms with Gasteiger partial charge in [0, 0.05) is 36.8 Å². The zero-order chi connectivity index (χ0) is 23.4. The summed E-state index contributed by atoms with van der Waals surface area (Å²) in [6.45, 7) is 2.96. The molecule has 0 radical (unpaired) electrons. The minimum absolute atomic E-state index is 0. The van der Waals surface area contributed by atoms with Crippen LogP contribution in [0.15, 0.2) is 36.4 Å². The van der Waals surface area contributed by atoms with Crippen molar-refractivity contribution in [1.82, 2.24) is 9.80 Å². The molecule has 7 nitrogen and oxygen atoms in total. The number of rotatable bonds is 4. The summed E-state index contributed by atoms with van der Waals surface area (Å²) in [4.78, 5) is 30.5. The van der Waals surface area contributed by atoms with E-state index in [0.717, 1.165) is 36.4 Å². The maximum absolute atomic E-state index is 13.3. The Bertz CT molecular complexity index is 1380. The van der Waals surface area contributed by atoms with Crippen LogP contribution in [0.4, 0.5) is 10.5 Å². The molecular weight excluding hydrogens is 484 g/mol. The van der Waals surface area contributed by atoms with Gasteiger partial charge in [0.1, 0.15) is 11.8 Å². The van der Waals surface area contributed by atoms with Gasteiger partial charge in [-0.25, -0.2) is 15.0 Å². The normalized spacial score (nSPS) is 21.2. The fourth-order valence-corrected chi connectivity index (χ4v) is 7.10. The molecule has 2 N–H and O–H groups in total. The number of primary amides is 1. The van der Waals surface area contributed by atoms with Crippen molar-refractivity contribution in [2.45, 2.75) is 18.8 Å². The largest absolute Gasteiger partial charge is 1.00 e. The number of urea groups is 1. The molecule has 3 aromatic rings. The van der Waals surface area contributed by atoms with Crippen molar-refractivity contribution in [1.29, 1.82) is 5.26 Å². The van der Waals surface area contributed by atoms with Crippen molar-refractivity contribution in [3.63, 3.8) is 0 Å². The molecule has 0 unspecified atom stereocenters. The highest BCUT2D eigenvalue weighted by Gasteiger charge is 2.41. The highest BCUT2D eigenvalue weighted by atomic mass is 35.5. The Kier molecular flexibility index (Phi) is 6.28. The quantitative estimate of drug-likeness (QED) is 0.544. The summed E-state index contributed by atoms with van der Waals surface area (Å²) in [5, 5.41) is 11.7. The second kappa shape index (κ2) is 9.25. The van der Waals surface area contributed by atoms with E-state index in [2.05, 4.69) is 23.1 Å². The van der Waals surface area contributed by atoms with Crippen LogP contribution >= 0.6 is 11.3 Å². The van der Waals surface area contributed by atoms with Crippen molar-refractivity contribution in [3.8, 4) is 11.8 Å². The summed E-state index contributed by atoms with van der Waals surface area (Å²) >= 11 is 1.36. The Hall–Kier alpha value is -2.96. The number of halogens is 1. The first-order valence-corrected chi connectivity index (χ1v) is 12.4. The minimum atomic E-state index is -0.295. The number of ether oxygens (including phenoxy) is 1. The van der Waals surface area contributed by atoms with Gasteiger partial charge in [0.05, 0.1) is 18.1 Å². The van der Waals surface area contributed by atoms with E-state index in [-0.39, 0.29) is 24.3 Å². The highest BCUT2D eigenvalue weighted by molar-refractivity contribution is 7.21. The Balaban J connectivity index is 0.00000253. The summed E-state index contributed by atoms with van der Waals surface area (Å²) in [5.74, 6) is 1.79. The number of quaternary nitrogens is 1. The molecule has 1 saturated heterocycles. The van der Waals surface area contributed by atoms with Gasteiger partial charge in [-0.3, -0.25) is 4.79 Å². The van der Waals surface area contributed by atoms with Gasteiger partial charge in [-0.05, 0) is 48.1 Å². The number of fused-ring (bicyclic) bond motifs is 6. The van der Waals surface area contributed by atoms with Crippen LogP contribution in [0.25, 0.3) is 10.1 Å². The van der Waals surface area contributed by atoms with Gasteiger partial charge >= 0.3 is 6.03 Å². The van der Waals surface area contributed by atoms with Gasteiger partial charge in [-0.2, -0.15) is 5.26 Å². The van der Waals surface area contributed by atoms with Crippen molar-refractivity contribution in [2.75, 3.05) is 33.3 Å². The van der Waals surface area contributed by atoms with E-state index in [4.69, 9.17) is 4.74 Å². The molecule has 2 aliphatic heterocycles. The topological polar surface area (TPSA) is 90.2 Å². The number of carbonyl (C=O) groups is 2. The average Bonchev–Trinajstić information content (AvgIpc) is 3.45. The van der Waals surface area contributed by atoms with E-state index in [0.29, 0.717) is 46.4 Å². The highest BCUT2D eigenvalue weighted by Crippen LogP contribution is 2.44. The number of methoxy groups -OCH3 is 1. The van der Waals surface area contributed by atoms with E-state index in [9.17, 15) is 14.9 Å². The molecule has 2 aromatic carbocycles. The lowest BCUT2D eigenvalue weighted by molar-refractivity contribution is -0.471. The zero-order valence-corrected chi connectivity index (χ0v) is 20.9. The van der Waals surface area contributed by atoms with Crippen LogP contribution < -0.4 is 22.5 Å². The maximum Gasteiger partial charge on any atom is 0.428 e. The van der Waals surface area contributed by atoms with Crippen molar-refractivity contribution < 1.29 is 32.0 Å². The Morgan fingerprint density at radius 3 is 2.80 bits per heavy atom. The summed E-state index contributed by atoms with van der Waals surface area (Å²) in [5.41, 5.74) is 3.82. The van der Waals surface area contributed by atoms with Crippen LogP contribution in [-0.2, 0) is 6.42 Å². The lowest BCUT2D eigenvalue weighted by Gasteiger charge is -2.28. The average molecular weight is 509 g/mol. The number of likely N-dealkylation sites (tertiary alicyclic amines) is 1. The minimum Gasteiger partial charge on any atom is -1.00 e. The summed E-state index contributed by atoms with van der Waals surface area (Å²) in [6.07, 6.45) is 2.17. The number of carbonyl (C=O) groups excluding carboxylic acids is 2. The summed E-state index contributed by atoms with van der Waals surface area (Å²) in [6, 6.07) is 13.7. The number of nitrogens with two attached hydrogens (primary N) is 1. The van der Waals surface area contributed by atoms with Gasteiger partial charge in [0.15, 0.2) is 10.6 Å². The van der Waals surface area contributed by atoms with Crippen LogP contribution in [0, 0.1) is 17.2 Å². The zero-order valence-electron chi connectivity index (χ0n) is 19.3. The molecule has 2 atom stereocenters. The molecule has 1 aliphatic carbocycles. The van der Waals surface area contributed by atoms with Crippen LogP contribution in [0.5, 0.6) is 5.75 Å². The number of amides is 3. The second-order valence-corrected chi connectivity index (χ2v) is 10.3. The van der Waals surface area contributed by atoms with E-state index >= 15 is 0 Å². The van der Waals surface area contributed by atoms with E-state index in [1.807, 2.05) is 18.2 Å². The summed E-state index contributed by atoms with van der Waals surface area (Å²) < 4.78 is 6.45. The standard InChI is InChI=1S/C26H24N4O3S.ClH/c1-33-20-6-3-5-17-18(20)9-8-16-13-29(14-19(16)17)10-11-30-25(31)24-23(28-26(30)32)22-15(12-27)4-2-7-21(22)34-24;/h2-7,16,19H,8-11,13-14H2,1H3,(H,28,32);1H/t16-,19+;/m0./s1. The van der Waals surface area contributed by atoms with Gasteiger partial charge in [0.2, 0.25) is 0 Å². The molecule has 0 spiro atoms. The van der Waals surface area contributed by atoms with Crippen molar-refractivity contribution in [3.05, 3.63) is 58.0 Å². The number of hydrogen-bond donors (Lipinski definition) is 1. The predicted octanol–water partition coefficient (Wildman–Crippen LogP) is 0.218. The molecule has 1 fully saturated rings. The second-order valence-electron chi connectivity index (χ2n) is 9.27. The predicted molar refractivity (Wildman–Crippen MR) is 129 cm³/mol. The third-order valence-corrected chi connectivity index (χ3v) is 8.71. The molecule has 6 rings (SSSR count). The third-order valence-electron chi connectivity index (χ3n) is 7.56. The third kappa shape index (κ3) is 3.80. The SMILES string of the molecule is COc1cccc2c1CC[C@H]1CN(CCN3C(=O)[NH2+]c4c(sc5cccc(C#N)c45)C3=O)C[C@@H]21.[Cl-]. The molecule has 0 saturated carbocycles. The Labute approximate surface area is 213 Å². The smallest absolute Gasteiger partial charge is 0.428 e. The van der Waals surface area contributed by atoms with Gasteiger partial charge < -0.3 is 22.0 Å². The van der Waals surface area contributed by atoms with Gasteiger partial charge in [0.25, 0.3) is 5.91 Å². The van der Waals surface area contributed by atoms with E-state index in [1.165, 1.54) is 32.7 Å². The molecule has 3 heterocycles. The van der Waals surface area contributed by atoms with Gasteiger partial charge in [-0.1, -0.05) is 18.2 Å². The van der Waals surface area contributed by atoms with Crippen LogP contribution in [0.3, 0.4) is 0 Å². The fraction of sp³-hybridized carbons (Fsp3) is 0.346. The summed E-state index contributed by atoms with van der Waals surface area (Å²) in [7, 11) is 1.73. The first-order chi connectivity index (χ1) is 16.6. The lowest BCUT2D eigenvalue weighted by Crippen LogP contribution is -3.00. The Morgan fingerprint density at radius 2 is 2.00 bits per heavy atom. The Morgan fingerprint density at radius 1 is 1.17 bits per heavy atom. The molecular formula is C26H25ClN4O3S. The number of nitriles is 1. The molecule has 3 amide bonds. The van der Waals surface area contributed by atoms with Crippen LogP contribution in [0.2, 0.25) is 0 Å². The number of benzene rings is 2. The number of hydrogen-bond acceptors (Lipinski definition) is 6. The maximum atomic E-state index is 13.3. The fourth-order valence-electron chi connectivity index (χ4n) is 5.95. The molecule has 0 bridgehead atoms. The van der Waals surface area contributed by atoms with E-state index < -0.39 is 0 Å². The van der Waals surface area contributed by atoms with Gasteiger partial charge in [-0.15, -0.1) is 11.3 Å². The molecule has 1 aromatic heterocycles. The molecule has 180 valence electrons. The lowest BCUT2D eigenvalue weighted by atomic mass is 9.77. The van der Waals surface area contributed by atoms with Crippen molar-refractivity contribution >= 4 is 39.0 Å².